The average molecular weight is 289 g/mol. The van der Waals surface area contributed by atoms with Gasteiger partial charge in [-0.1, -0.05) is 29.5 Å². The molecule has 1 aromatic carbocycles. The molecule has 0 amide bonds. The molecule has 0 fully saturated rings. The number of aryl methyl sites for hydroxylation is 1. The smallest absolute Gasteiger partial charge is 0.275 e. The first-order valence-electron chi connectivity index (χ1n) is 6.23. The molecule has 5 nitrogen and oxygen atoms in total. The Bertz CT molecular complexity index is 614. The van der Waals surface area contributed by atoms with E-state index in [9.17, 15) is 10.1 Å². The van der Waals surface area contributed by atoms with Gasteiger partial charge in [-0.3, -0.25) is 10.1 Å². The molecule has 0 spiro atoms. The van der Waals surface area contributed by atoms with Gasteiger partial charge in [0.2, 0.25) is 0 Å². The molecule has 6 heteroatoms. The highest BCUT2D eigenvalue weighted by Gasteiger charge is 2.11. The number of nitro groups is 1. The molecule has 20 heavy (non-hydrogen) atoms. The molecule has 1 aromatic heterocycles. The molecular formula is C14H15N3O2S. The van der Waals surface area contributed by atoms with Crippen molar-refractivity contribution in [2.75, 3.05) is 11.9 Å². The lowest BCUT2D eigenvalue weighted by molar-refractivity contribution is -0.385. The molecule has 2 aromatic rings. The zero-order valence-electron chi connectivity index (χ0n) is 11.3. The zero-order chi connectivity index (χ0) is 14.5. The van der Waals surface area contributed by atoms with Crippen LogP contribution in [0.15, 0.2) is 46.3 Å². The second kappa shape index (κ2) is 6.38. The maximum atomic E-state index is 10.9. The van der Waals surface area contributed by atoms with Crippen LogP contribution in [0.2, 0.25) is 0 Å². The van der Waals surface area contributed by atoms with Crippen molar-refractivity contribution >= 4 is 23.3 Å². The highest BCUT2D eigenvalue weighted by molar-refractivity contribution is 7.99. The summed E-state index contributed by atoms with van der Waals surface area (Å²) < 4.78 is 0. The Balaban J connectivity index is 2.29. The summed E-state index contributed by atoms with van der Waals surface area (Å²) in [4.78, 5) is 15.9. The third-order valence-electron chi connectivity index (χ3n) is 2.60. The van der Waals surface area contributed by atoms with Gasteiger partial charge < -0.3 is 5.32 Å². The summed E-state index contributed by atoms with van der Waals surface area (Å²) in [6, 6.07) is 10.9. The molecule has 0 saturated carbocycles. The quantitative estimate of drug-likeness (QED) is 0.668. The average Bonchev–Trinajstić information content (AvgIpc) is 2.41. The lowest BCUT2D eigenvalue weighted by Crippen LogP contribution is -2.01. The SMILES string of the molecule is CCNc1cc([N+](=O)[O-])cc(Sc2ccc(C)cc2)n1. The second-order valence-electron chi connectivity index (χ2n) is 4.25. The van der Waals surface area contributed by atoms with Gasteiger partial charge >= 0.3 is 0 Å². The maximum Gasteiger partial charge on any atom is 0.275 e. The summed E-state index contributed by atoms with van der Waals surface area (Å²) in [7, 11) is 0. The van der Waals surface area contributed by atoms with Crippen molar-refractivity contribution in [2.24, 2.45) is 0 Å². The molecule has 0 bridgehead atoms. The number of benzene rings is 1. The van der Waals surface area contributed by atoms with Crippen LogP contribution in [0.1, 0.15) is 12.5 Å². The van der Waals surface area contributed by atoms with Crippen molar-refractivity contribution in [1.82, 2.24) is 4.98 Å². The third kappa shape index (κ3) is 3.71. The summed E-state index contributed by atoms with van der Waals surface area (Å²) in [5.41, 5.74) is 1.22. The minimum atomic E-state index is -0.401. The zero-order valence-corrected chi connectivity index (χ0v) is 12.1. The summed E-state index contributed by atoms with van der Waals surface area (Å²) in [5.74, 6) is 0.524. The first-order valence-corrected chi connectivity index (χ1v) is 7.05. The van der Waals surface area contributed by atoms with E-state index >= 15 is 0 Å². The van der Waals surface area contributed by atoms with Gasteiger partial charge in [0.1, 0.15) is 10.8 Å². The van der Waals surface area contributed by atoms with Crippen LogP contribution in [-0.4, -0.2) is 16.5 Å². The van der Waals surface area contributed by atoms with Crippen LogP contribution in [0, 0.1) is 17.0 Å². The third-order valence-corrected chi connectivity index (χ3v) is 3.52. The lowest BCUT2D eigenvalue weighted by Gasteiger charge is -2.06. The number of hydrogen-bond acceptors (Lipinski definition) is 5. The molecule has 0 radical (unpaired) electrons. The molecule has 0 aliphatic rings. The fourth-order valence-electron chi connectivity index (χ4n) is 1.65. The summed E-state index contributed by atoms with van der Waals surface area (Å²) in [6.45, 7) is 4.61. The van der Waals surface area contributed by atoms with E-state index in [2.05, 4.69) is 10.3 Å². The summed E-state index contributed by atoms with van der Waals surface area (Å²) >= 11 is 1.41. The molecule has 0 aliphatic heterocycles. The first kappa shape index (κ1) is 14.3. The molecule has 1 heterocycles. The monoisotopic (exact) mass is 289 g/mol. The van der Waals surface area contributed by atoms with Crippen LogP contribution < -0.4 is 5.32 Å². The van der Waals surface area contributed by atoms with E-state index in [-0.39, 0.29) is 5.69 Å². The van der Waals surface area contributed by atoms with E-state index in [0.29, 0.717) is 17.4 Å². The Morgan fingerprint density at radius 1 is 1.30 bits per heavy atom. The molecule has 0 saturated heterocycles. The minimum absolute atomic E-state index is 0.0468. The van der Waals surface area contributed by atoms with E-state index < -0.39 is 4.92 Å². The van der Waals surface area contributed by atoms with E-state index in [4.69, 9.17) is 0 Å². The predicted molar refractivity (Wildman–Crippen MR) is 80.4 cm³/mol. The van der Waals surface area contributed by atoms with Gasteiger partial charge in [0, 0.05) is 17.5 Å². The number of anilines is 1. The van der Waals surface area contributed by atoms with E-state index in [1.807, 2.05) is 38.1 Å². The lowest BCUT2D eigenvalue weighted by atomic mass is 10.2. The van der Waals surface area contributed by atoms with Gasteiger partial charge in [-0.2, -0.15) is 0 Å². The minimum Gasteiger partial charge on any atom is -0.370 e. The van der Waals surface area contributed by atoms with Crippen LogP contribution in [-0.2, 0) is 0 Å². The van der Waals surface area contributed by atoms with Gasteiger partial charge in [-0.25, -0.2) is 4.98 Å². The molecule has 1 N–H and O–H groups in total. The Labute approximate surface area is 121 Å². The second-order valence-corrected chi connectivity index (χ2v) is 5.35. The van der Waals surface area contributed by atoms with Gasteiger partial charge in [-0.15, -0.1) is 0 Å². The number of hydrogen-bond donors (Lipinski definition) is 1. The Morgan fingerprint density at radius 2 is 2.00 bits per heavy atom. The molecule has 0 atom stereocenters. The Kier molecular flexibility index (Phi) is 4.57. The van der Waals surface area contributed by atoms with Gasteiger partial charge in [-0.05, 0) is 26.0 Å². The molecular weight excluding hydrogens is 274 g/mol. The van der Waals surface area contributed by atoms with Gasteiger partial charge in [0.25, 0.3) is 5.69 Å². The summed E-state index contributed by atoms with van der Waals surface area (Å²) in [6.07, 6.45) is 0. The highest BCUT2D eigenvalue weighted by atomic mass is 32.2. The van der Waals surface area contributed by atoms with Crippen molar-refractivity contribution in [3.05, 3.63) is 52.1 Å². The summed E-state index contributed by atoms with van der Waals surface area (Å²) in [5, 5.41) is 14.6. The van der Waals surface area contributed by atoms with Crippen molar-refractivity contribution < 1.29 is 4.92 Å². The molecule has 0 aliphatic carbocycles. The number of rotatable bonds is 5. The Hall–Kier alpha value is -2.08. The molecule has 2 rings (SSSR count). The Morgan fingerprint density at radius 3 is 2.60 bits per heavy atom. The molecule has 104 valence electrons. The first-order chi connectivity index (χ1) is 9.58. The predicted octanol–water partition coefficient (Wildman–Crippen LogP) is 3.88. The topological polar surface area (TPSA) is 68.1 Å². The van der Waals surface area contributed by atoms with Gasteiger partial charge in [0.05, 0.1) is 11.0 Å². The van der Waals surface area contributed by atoms with Crippen LogP contribution in [0.25, 0.3) is 0 Å². The van der Waals surface area contributed by atoms with Crippen molar-refractivity contribution in [1.29, 1.82) is 0 Å². The molecule has 0 unspecified atom stereocenters. The van der Waals surface area contributed by atoms with E-state index in [1.165, 1.54) is 29.5 Å². The maximum absolute atomic E-state index is 10.9. The fraction of sp³-hybridized carbons (Fsp3) is 0.214. The van der Waals surface area contributed by atoms with Crippen molar-refractivity contribution in [3.8, 4) is 0 Å². The normalized spacial score (nSPS) is 10.3. The number of nitrogens with zero attached hydrogens (tertiary/aromatic N) is 2. The highest BCUT2D eigenvalue weighted by Crippen LogP contribution is 2.30. The number of pyridine rings is 1. The van der Waals surface area contributed by atoms with E-state index in [1.54, 1.807) is 0 Å². The van der Waals surface area contributed by atoms with Crippen LogP contribution in [0.5, 0.6) is 0 Å². The number of nitrogens with one attached hydrogen (secondary N) is 1. The van der Waals surface area contributed by atoms with Crippen LogP contribution >= 0.6 is 11.8 Å². The van der Waals surface area contributed by atoms with Crippen molar-refractivity contribution in [2.45, 2.75) is 23.8 Å². The standard InChI is InChI=1S/C14H15N3O2S/c1-3-15-13-8-11(17(18)19)9-14(16-13)20-12-6-4-10(2)5-7-12/h4-9H,3H2,1-2H3,(H,15,16). The van der Waals surface area contributed by atoms with Gasteiger partial charge in [0.15, 0.2) is 0 Å². The van der Waals surface area contributed by atoms with E-state index in [0.717, 1.165) is 4.90 Å². The van der Waals surface area contributed by atoms with Crippen molar-refractivity contribution in [3.63, 3.8) is 0 Å². The largest absolute Gasteiger partial charge is 0.370 e. The van der Waals surface area contributed by atoms with Crippen LogP contribution in [0.3, 0.4) is 0 Å². The van der Waals surface area contributed by atoms with Crippen LogP contribution in [0.4, 0.5) is 11.5 Å². The fourth-order valence-corrected chi connectivity index (χ4v) is 2.49. The number of aromatic nitrogens is 1.